The fourth-order valence-electron chi connectivity index (χ4n) is 2.22. The van der Waals surface area contributed by atoms with Gasteiger partial charge in [-0.2, -0.15) is 0 Å². The molecule has 0 spiro atoms. The van der Waals surface area contributed by atoms with E-state index in [2.05, 4.69) is 17.2 Å². The number of nitrogens with zero attached hydrogens (tertiary/aromatic N) is 2. The van der Waals surface area contributed by atoms with E-state index in [1.54, 1.807) is 36.6 Å². The Morgan fingerprint density at radius 2 is 2.27 bits per heavy atom. The van der Waals surface area contributed by atoms with E-state index in [4.69, 9.17) is 4.74 Å². The summed E-state index contributed by atoms with van der Waals surface area (Å²) in [5.74, 6) is 1.03. The number of rotatable bonds is 5. The van der Waals surface area contributed by atoms with Crippen molar-refractivity contribution in [3.8, 4) is 5.75 Å². The van der Waals surface area contributed by atoms with Crippen LogP contribution in [0, 0.1) is 6.92 Å². The van der Waals surface area contributed by atoms with Crippen molar-refractivity contribution in [2.75, 3.05) is 26.0 Å². The molecule has 0 fully saturated rings. The topological polar surface area (TPSA) is 54.5 Å². The minimum absolute atomic E-state index is 0.132. The van der Waals surface area contributed by atoms with Gasteiger partial charge in [0.1, 0.15) is 5.75 Å². The number of benzene rings is 1. The van der Waals surface area contributed by atoms with Gasteiger partial charge in [0.2, 0.25) is 0 Å². The zero-order valence-corrected chi connectivity index (χ0v) is 14.1. The molecule has 0 radical (unpaired) electrons. The molecule has 1 aromatic carbocycles. The summed E-state index contributed by atoms with van der Waals surface area (Å²) in [6.07, 6.45) is 1.79. The Kier molecular flexibility index (Phi) is 5.38. The maximum absolute atomic E-state index is 12.2. The fourth-order valence-corrected chi connectivity index (χ4v) is 2.91. The fraction of sp³-hybridized carbons (Fsp3) is 0.375. The number of aryl methyl sites for hydroxylation is 1. The highest BCUT2D eigenvalue weighted by Crippen LogP contribution is 2.22. The van der Waals surface area contributed by atoms with E-state index < -0.39 is 0 Å². The van der Waals surface area contributed by atoms with Crippen molar-refractivity contribution in [2.45, 2.75) is 19.8 Å². The van der Waals surface area contributed by atoms with E-state index in [1.807, 2.05) is 30.5 Å². The van der Waals surface area contributed by atoms with Gasteiger partial charge < -0.3 is 15.0 Å². The second-order valence-corrected chi connectivity index (χ2v) is 6.19. The maximum atomic E-state index is 12.2. The molecule has 0 saturated heterocycles. The number of aromatic nitrogens is 1. The van der Waals surface area contributed by atoms with Gasteiger partial charge in [-0.25, -0.2) is 9.78 Å². The van der Waals surface area contributed by atoms with Crippen LogP contribution in [-0.2, 0) is 0 Å². The van der Waals surface area contributed by atoms with Gasteiger partial charge in [0.05, 0.1) is 12.1 Å². The molecule has 0 aliphatic rings. The van der Waals surface area contributed by atoms with Crippen molar-refractivity contribution >= 4 is 23.1 Å². The molecule has 0 aliphatic heterocycles. The van der Waals surface area contributed by atoms with Crippen molar-refractivity contribution in [3.63, 3.8) is 0 Å². The van der Waals surface area contributed by atoms with Gasteiger partial charge in [-0.3, -0.25) is 0 Å². The molecule has 6 heteroatoms. The molecule has 2 rings (SSSR count). The molecule has 2 aromatic rings. The van der Waals surface area contributed by atoms with E-state index in [0.717, 1.165) is 22.0 Å². The van der Waals surface area contributed by atoms with Crippen molar-refractivity contribution in [1.29, 1.82) is 0 Å². The lowest BCUT2D eigenvalue weighted by molar-refractivity contribution is 0.220. The summed E-state index contributed by atoms with van der Waals surface area (Å²) in [6, 6.07) is 5.45. The van der Waals surface area contributed by atoms with E-state index >= 15 is 0 Å². The van der Waals surface area contributed by atoms with Crippen LogP contribution in [0.2, 0.25) is 0 Å². The molecule has 5 nitrogen and oxygen atoms in total. The zero-order valence-electron chi connectivity index (χ0n) is 13.3. The molecule has 0 aliphatic carbocycles. The van der Waals surface area contributed by atoms with Crippen LogP contribution in [0.15, 0.2) is 29.8 Å². The second-order valence-electron chi connectivity index (χ2n) is 5.27. The number of urea groups is 1. The van der Waals surface area contributed by atoms with Crippen LogP contribution in [0.1, 0.15) is 23.4 Å². The van der Waals surface area contributed by atoms with Gasteiger partial charge in [0.15, 0.2) is 0 Å². The number of methoxy groups -OCH3 is 1. The zero-order chi connectivity index (χ0) is 16.1. The van der Waals surface area contributed by atoms with Crippen LogP contribution in [0.5, 0.6) is 5.75 Å². The Balaban J connectivity index is 1.95. The Morgan fingerprint density at radius 3 is 2.86 bits per heavy atom. The lowest BCUT2D eigenvalue weighted by Gasteiger charge is -2.21. The summed E-state index contributed by atoms with van der Waals surface area (Å²) in [7, 11) is 3.42. The normalized spacial score (nSPS) is 11.8. The molecule has 0 unspecified atom stereocenters. The van der Waals surface area contributed by atoms with E-state index in [0.29, 0.717) is 6.54 Å². The smallest absolute Gasteiger partial charge is 0.321 e. The highest BCUT2D eigenvalue weighted by molar-refractivity contribution is 7.09. The van der Waals surface area contributed by atoms with Crippen LogP contribution in [-0.4, -0.2) is 36.6 Å². The Bertz CT molecular complexity index is 628. The average molecular weight is 319 g/mol. The summed E-state index contributed by atoms with van der Waals surface area (Å²) >= 11 is 1.61. The molecular weight excluding hydrogens is 298 g/mol. The third kappa shape index (κ3) is 3.98. The molecule has 2 amide bonds. The Labute approximate surface area is 134 Å². The van der Waals surface area contributed by atoms with Gasteiger partial charge in [-0.05, 0) is 30.7 Å². The Hall–Kier alpha value is -2.08. The lowest BCUT2D eigenvalue weighted by Crippen LogP contribution is -2.34. The monoisotopic (exact) mass is 319 g/mol. The number of carbonyl (C=O) groups excluding carboxylic acids is 1. The SMILES string of the molecule is COc1ccc(NC(=O)N(C)C[C@@H](C)c2nccs2)cc1C. The van der Waals surface area contributed by atoms with Crippen molar-refractivity contribution in [2.24, 2.45) is 0 Å². The Morgan fingerprint density at radius 1 is 1.50 bits per heavy atom. The first kappa shape index (κ1) is 16.3. The summed E-state index contributed by atoms with van der Waals surface area (Å²) in [5, 5.41) is 5.89. The number of likely N-dealkylation sites (N-methyl/N-ethyl adjacent to an activating group) is 1. The van der Waals surface area contributed by atoms with Gasteiger partial charge in [0, 0.05) is 36.8 Å². The van der Waals surface area contributed by atoms with Crippen LogP contribution >= 0.6 is 11.3 Å². The molecule has 0 saturated carbocycles. The first-order valence-corrected chi connectivity index (χ1v) is 7.95. The summed E-state index contributed by atoms with van der Waals surface area (Å²) in [4.78, 5) is 18.2. The van der Waals surface area contributed by atoms with Gasteiger partial charge in [-0.15, -0.1) is 11.3 Å². The largest absolute Gasteiger partial charge is 0.496 e. The molecule has 1 atom stereocenters. The van der Waals surface area contributed by atoms with Crippen LogP contribution in [0.4, 0.5) is 10.5 Å². The van der Waals surface area contributed by atoms with Gasteiger partial charge in [0.25, 0.3) is 0 Å². The van der Waals surface area contributed by atoms with Crippen molar-refractivity contribution < 1.29 is 9.53 Å². The average Bonchev–Trinajstić information content (AvgIpc) is 3.01. The van der Waals surface area contributed by atoms with Crippen LogP contribution in [0.25, 0.3) is 0 Å². The molecule has 1 aromatic heterocycles. The summed E-state index contributed by atoms with van der Waals surface area (Å²) < 4.78 is 5.22. The predicted molar refractivity (Wildman–Crippen MR) is 89.9 cm³/mol. The number of carbonyl (C=O) groups is 1. The molecule has 1 heterocycles. The first-order chi connectivity index (χ1) is 10.5. The highest BCUT2D eigenvalue weighted by atomic mass is 32.1. The maximum Gasteiger partial charge on any atom is 0.321 e. The summed E-state index contributed by atoms with van der Waals surface area (Å²) in [5.41, 5.74) is 1.75. The second kappa shape index (κ2) is 7.26. The highest BCUT2D eigenvalue weighted by Gasteiger charge is 2.15. The number of ether oxygens (including phenoxy) is 1. The number of hydrogen-bond acceptors (Lipinski definition) is 4. The minimum atomic E-state index is -0.132. The minimum Gasteiger partial charge on any atom is -0.496 e. The van der Waals surface area contributed by atoms with Gasteiger partial charge in [-0.1, -0.05) is 6.92 Å². The predicted octanol–water partition coefficient (Wildman–Crippen LogP) is 3.73. The number of hydrogen-bond donors (Lipinski definition) is 1. The van der Waals surface area contributed by atoms with Crippen molar-refractivity contribution in [3.05, 3.63) is 40.3 Å². The lowest BCUT2D eigenvalue weighted by atomic mass is 10.2. The number of amides is 2. The van der Waals surface area contributed by atoms with Crippen molar-refractivity contribution in [1.82, 2.24) is 9.88 Å². The van der Waals surface area contributed by atoms with E-state index in [9.17, 15) is 4.79 Å². The number of nitrogens with one attached hydrogen (secondary N) is 1. The number of thiazole rings is 1. The molecule has 22 heavy (non-hydrogen) atoms. The third-order valence-electron chi connectivity index (χ3n) is 3.41. The van der Waals surface area contributed by atoms with Gasteiger partial charge >= 0.3 is 6.03 Å². The van der Waals surface area contributed by atoms with Crippen LogP contribution in [0.3, 0.4) is 0 Å². The van der Waals surface area contributed by atoms with Crippen LogP contribution < -0.4 is 10.1 Å². The number of anilines is 1. The molecular formula is C16H21N3O2S. The summed E-state index contributed by atoms with van der Waals surface area (Å²) in [6.45, 7) is 4.64. The first-order valence-electron chi connectivity index (χ1n) is 7.07. The van der Waals surface area contributed by atoms with E-state index in [-0.39, 0.29) is 11.9 Å². The molecule has 118 valence electrons. The quantitative estimate of drug-likeness (QED) is 0.913. The third-order valence-corrected chi connectivity index (χ3v) is 4.42. The molecule has 1 N–H and O–H groups in total. The molecule has 0 bridgehead atoms. The van der Waals surface area contributed by atoms with E-state index in [1.165, 1.54) is 0 Å². The standard InChI is InChI=1S/C16H21N3O2S/c1-11-9-13(5-6-14(11)21-4)18-16(20)19(3)10-12(2)15-17-7-8-22-15/h5-9,12H,10H2,1-4H3,(H,18,20)/t12-/m1/s1.